The van der Waals surface area contributed by atoms with Crippen LogP contribution in [0.25, 0.3) is 0 Å². The van der Waals surface area contributed by atoms with Gasteiger partial charge in [0.1, 0.15) is 0 Å². The molecule has 1 aromatic carbocycles. The molecule has 0 aromatic heterocycles. The van der Waals surface area contributed by atoms with E-state index in [2.05, 4.69) is 31.9 Å². The normalized spacial score (nSPS) is 12.6. The predicted octanol–water partition coefficient (Wildman–Crippen LogP) is 2.07. The molecule has 0 unspecified atom stereocenters. The van der Waals surface area contributed by atoms with E-state index in [-0.39, 0.29) is 17.1 Å². The van der Waals surface area contributed by atoms with Crippen LogP contribution in [0.4, 0.5) is 0 Å². The third-order valence-electron chi connectivity index (χ3n) is 4.96. The summed E-state index contributed by atoms with van der Waals surface area (Å²) in [6, 6.07) is 9.69. The number of rotatable bonds is 5. The van der Waals surface area contributed by atoms with Gasteiger partial charge in [-0.15, -0.1) is 0 Å². The second-order valence-electron chi connectivity index (χ2n) is 14.1. The molecule has 0 radical (unpaired) electrons. The molecule has 0 heterocycles. The van der Waals surface area contributed by atoms with Crippen molar-refractivity contribution < 1.29 is 28.8 Å². The Morgan fingerprint density at radius 3 is 1.36 bits per heavy atom. The fraction of sp³-hybridized carbons (Fsp3) is 0.625. The summed E-state index contributed by atoms with van der Waals surface area (Å²) in [4.78, 5) is 67.7. The third-order valence-corrected chi connectivity index (χ3v) is 4.96. The van der Waals surface area contributed by atoms with Crippen molar-refractivity contribution in [2.24, 2.45) is 5.92 Å². The Kier molecular flexibility index (Phi) is 16.4. The zero-order chi connectivity index (χ0) is 34.3. The van der Waals surface area contributed by atoms with Crippen LogP contribution in [0.5, 0.6) is 0 Å². The summed E-state index contributed by atoms with van der Waals surface area (Å²) >= 11 is 0. The molecule has 6 amide bonds. The minimum absolute atomic E-state index is 0.234. The molecule has 6 N–H and O–H groups in total. The third kappa shape index (κ3) is 22.6. The van der Waals surface area contributed by atoms with Gasteiger partial charge in [0.25, 0.3) is 0 Å². The molecule has 0 saturated heterocycles. The zero-order valence-corrected chi connectivity index (χ0v) is 28.3. The first-order chi connectivity index (χ1) is 20.0. The van der Waals surface area contributed by atoms with E-state index in [1.54, 1.807) is 0 Å². The van der Waals surface area contributed by atoms with Crippen LogP contribution >= 0.6 is 0 Å². The molecule has 0 bridgehead atoms. The first kappa shape index (κ1) is 40.0. The highest BCUT2D eigenvalue weighted by atomic mass is 16.2. The fourth-order valence-corrected chi connectivity index (χ4v) is 2.91. The van der Waals surface area contributed by atoms with Crippen LogP contribution in [0.15, 0.2) is 30.3 Å². The monoisotopic (exact) mass is 618 g/mol. The van der Waals surface area contributed by atoms with E-state index in [1.807, 2.05) is 106 Å². The van der Waals surface area contributed by atoms with E-state index >= 15 is 0 Å². The van der Waals surface area contributed by atoms with Crippen molar-refractivity contribution in [2.45, 2.75) is 118 Å². The number of carbonyl (C=O) groups is 6. The van der Waals surface area contributed by atoms with Crippen molar-refractivity contribution in [3.8, 4) is 0 Å². The van der Waals surface area contributed by atoms with E-state index in [4.69, 9.17) is 0 Å². The first-order valence-corrected chi connectivity index (χ1v) is 14.9. The van der Waals surface area contributed by atoms with Crippen molar-refractivity contribution in [3.63, 3.8) is 0 Å². The number of hydrogen-bond acceptors (Lipinski definition) is 6. The number of hydrogen-bond donors (Lipinski definition) is 6. The second kappa shape index (κ2) is 18.0. The number of carbonyl (C=O) groups excluding carboxylic acids is 6. The lowest BCUT2D eigenvalue weighted by atomic mass is 10.1. The molecule has 0 aliphatic heterocycles. The van der Waals surface area contributed by atoms with Crippen molar-refractivity contribution in [3.05, 3.63) is 35.9 Å². The summed E-state index contributed by atoms with van der Waals surface area (Å²) < 4.78 is 0. The minimum Gasteiger partial charge on any atom is -0.348 e. The molecule has 0 spiro atoms. The molecule has 12 heteroatoms. The maximum absolute atomic E-state index is 11.5. The molecule has 2 rings (SSSR count). The largest absolute Gasteiger partial charge is 0.348 e. The van der Waals surface area contributed by atoms with Gasteiger partial charge in [-0.3, -0.25) is 28.8 Å². The summed E-state index contributed by atoms with van der Waals surface area (Å²) in [6.45, 7) is 21.3. The standard InChI is InChI=1S/C13H18N2O2.C10H20N2O2.C9H16N2O2/c1-13(2,3)15-12(17)11(16)14-9-10-7-5-4-6-8-10;1-7(2)6-11-8(13)9(14)12-10(3,4)5;1-9(2,3)11-8(13)7(12)10-6-4-5-6/h4-8H,9H2,1-3H3,(H,14,16)(H,15,17);7H,6H2,1-5H3,(H,11,13)(H,12,14);6H,4-5H2,1-3H3,(H,10,12)(H,11,13). The van der Waals surface area contributed by atoms with Gasteiger partial charge < -0.3 is 31.9 Å². The average Bonchev–Trinajstić information content (AvgIpc) is 3.68. The van der Waals surface area contributed by atoms with Gasteiger partial charge in [-0.1, -0.05) is 44.2 Å². The Balaban J connectivity index is 0.000000637. The van der Waals surface area contributed by atoms with E-state index < -0.39 is 41.0 Å². The topological polar surface area (TPSA) is 175 Å². The minimum atomic E-state index is -0.608. The van der Waals surface area contributed by atoms with Gasteiger partial charge in [0.05, 0.1) is 0 Å². The molecule has 1 saturated carbocycles. The predicted molar refractivity (Wildman–Crippen MR) is 171 cm³/mol. The van der Waals surface area contributed by atoms with Crippen molar-refractivity contribution >= 4 is 35.4 Å². The van der Waals surface area contributed by atoms with Crippen molar-refractivity contribution in [1.29, 1.82) is 0 Å². The van der Waals surface area contributed by atoms with Gasteiger partial charge in [-0.05, 0) is 86.6 Å². The molecule has 1 fully saturated rings. The Morgan fingerprint density at radius 2 is 1.00 bits per heavy atom. The average molecular weight is 619 g/mol. The van der Waals surface area contributed by atoms with Crippen LogP contribution in [-0.2, 0) is 35.3 Å². The maximum atomic E-state index is 11.5. The van der Waals surface area contributed by atoms with Crippen molar-refractivity contribution in [2.75, 3.05) is 6.54 Å². The highest BCUT2D eigenvalue weighted by molar-refractivity contribution is 6.36. The quantitative estimate of drug-likeness (QED) is 0.276. The molecule has 12 nitrogen and oxygen atoms in total. The van der Waals surface area contributed by atoms with Crippen LogP contribution in [0.2, 0.25) is 0 Å². The SMILES string of the molecule is CC(C)(C)NC(=O)C(=O)NC1CC1.CC(C)(C)NC(=O)C(=O)NCc1ccccc1.CC(C)CNC(=O)C(=O)NC(C)(C)C. The summed E-state index contributed by atoms with van der Waals surface area (Å²) in [5.74, 6) is -3.05. The van der Waals surface area contributed by atoms with E-state index in [9.17, 15) is 28.8 Å². The van der Waals surface area contributed by atoms with Crippen LogP contribution in [-0.4, -0.2) is 64.6 Å². The Bertz CT molecular complexity index is 1110. The molecule has 1 aliphatic carbocycles. The number of amides is 6. The highest BCUT2D eigenvalue weighted by Crippen LogP contribution is 2.18. The lowest BCUT2D eigenvalue weighted by molar-refractivity contribution is -0.140. The molecule has 0 atom stereocenters. The maximum Gasteiger partial charge on any atom is 0.309 e. The Morgan fingerprint density at radius 1 is 0.614 bits per heavy atom. The summed E-state index contributed by atoms with van der Waals surface area (Å²) in [5, 5.41) is 15.5. The van der Waals surface area contributed by atoms with E-state index in [0.29, 0.717) is 19.0 Å². The molecule has 44 heavy (non-hydrogen) atoms. The summed E-state index contributed by atoms with van der Waals surface area (Å²) in [6.07, 6.45) is 1.99. The van der Waals surface area contributed by atoms with Crippen LogP contribution in [0, 0.1) is 5.92 Å². The van der Waals surface area contributed by atoms with Crippen molar-refractivity contribution in [1.82, 2.24) is 31.9 Å². The first-order valence-electron chi connectivity index (χ1n) is 14.9. The van der Waals surface area contributed by atoms with Gasteiger partial charge in [0.2, 0.25) is 0 Å². The smallest absolute Gasteiger partial charge is 0.309 e. The van der Waals surface area contributed by atoms with Crippen LogP contribution in [0.3, 0.4) is 0 Å². The fourth-order valence-electron chi connectivity index (χ4n) is 2.91. The number of benzene rings is 1. The van der Waals surface area contributed by atoms with Gasteiger partial charge >= 0.3 is 35.4 Å². The van der Waals surface area contributed by atoms with Gasteiger partial charge in [-0.25, -0.2) is 0 Å². The lowest BCUT2D eigenvalue weighted by Crippen LogP contribution is -2.48. The van der Waals surface area contributed by atoms with Gasteiger partial charge in [-0.2, -0.15) is 0 Å². The molecule has 1 aromatic rings. The summed E-state index contributed by atoms with van der Waals surface area (Å²) in [7, 11) is 0. The molecular formula is C32H54N6O6. The highest BCUT2D eigenvalue weighted by Gasteiger charge is 2.28. The molecular weight excluding hydrogens is 564 g/mol. The van der Waals surface area contributed by atoms with Crippen LogP contribution < -0.4 is 31.9 Å². The molecule has 1 aliphatic rings. The lowest BCUT2D eigenvalue weighted by Gasteiger charge is -2.20. The van der Waals surface area contributed by atoms with Gasteiger partial charge in [0, 0.05) is 35.7 Å². The number of nitrogens with one attached hydrogen (secondary N) is 6. The van der Waals surface area contributed by atoms with E-state index in [0.717, 1.165) is 18.4 Å². The Labute approximate surface area is 262 Å². The summed E-state index contributed by atoms with van der Waals surface area (Å²) in [5.41, 5.74) is -0.157. The zero-order valence-electron chi connectivity index (χ0n) is 28.3. The van der Waals surface area contributed by atoms with Crippen LogP contribution in [0.1, 0.15) is 94.6 Å². The molecule has 248 valence electrons. The van der Waals surface area contributed by atoms with Gasteiger partial charge in [0.15, 0.2) is 0 Å². The second-order valence-corrected chi connectivity index (χ2v) is 14.1. The Hall–Kier alpha value is -3.96. The van der Waals surface area contributed by atoms with E-state index in [1.165, 1.54) is 0 Å².